The van der Waals surface area contributed by atoms with Crippen molar-refractivity contribution in [3.05, 3.63) is 59.7 Å². The van der Waals surface area contributed by atoms with Crippen LogP contribution in [0, 0.1) is 17.3 Å². The van der Waals surface area contributed by atoms with E-state index in [1.807, 2.05) is 31.2 Å². The molecule has 2 saturated carbocycles. The standard InChI is InChI=1S/C28H30N2O5/c1-16-10-11-30(24(16)25(31)32)26(33)28-13-17(28)12-18(14-28)29-27(34)35-15-23-21-8-4-2-6-19(21)20-7-3-5-9-22(20)23/h2-9,16-18,23-24H,10-15H2,1H3,(H,29,34)(H,31,32)/t16?,17-,18+,24?,28+/m1/s1. The van der Waals surface area contributed by atoms with Crippen molar-refractivity contribution in [2.45, 2.75) is 50.6 Å². The summed E-state index contributed by atoms with van der Waals surface area (Å²) in [7, 11) is 0. The van der Waals surface area contributed by atoms with E-state index in [1.54, 1.807) is 4.90 Å². The molecule has 0 bridgehead atoms. The van der Waals surface area contributed by atoms with Gasteiger partial charge in [0.2, 0.25) is 5.91 Å². The third-order valence-electron chi connectivity index (χ3n) is 8.72. The Bertz CT molecular complexity index is 1170. The number of carboxylic acids is 1. The number of ether oxygens (including phenoxy) is 1. The van der Waals surface area contributed by atoms with Crippen LogP contribution in [0.3, 0.4) is 0 Å². The molecule has 5 atom stereocenters. The van der Waals surface area contributed by atoms with E-state index in [-0.39, 0.29) is 36.3 Å². The smallest absolute Gasteiger partial charge is 0.407 e. The number of likely N-dealkylation sites (tertiary alicyclic amines) is 1. The number of benzene rings is 2. The van der Waals surface area contributed by atoms with Crippen LogP contribution in [0.2, 0.25) is 0 Å². The van der Waals surface area contributed by atoms with Crippen molar-refractivity contribution in [2.75, 3.05) is 13.2 Å². The second kappa shape index (κ2) is 8.11. The van der Waals surface area contributed by atoms with Gasteiger partial charge in [0.1, 0.15) is 12.6 Å². The van der Waals surface area contributed by atoms with E-state index in [0.717, 1.165) is 12.8 Å². The molecule has 0 aromatic heterocycles. The largest absolute Gasteiger partial charge is 0.480 e. The van der Waals surface area contributed by atoms with Gasteiger partial charge < -0.3 is 20.1 Å². The van der Waals surface area contributed by atoms with E-state index >= 15 is 0 Å². The van der Waals surface area contributed by atoms with Gasteiger partial charge in [-0.05, 0) is 59.8 Å². The van der Waals surface area contributed by atoms with Gasteiger partial charge in [-0.15, -0.1) is 0 Å². The number of nitrogens with one attached hydrogen (secondary N) is 1. The molecule has 2 aromatic rings. The fourth-order valence-corrected chi connectivity index (χ4v) is 6.91. The van der Waals surface area contributed by atoms with Crippen LogP contribution in [0.4, 0.5) is 4.79 Å². The van der Waals surface area contributed by atoms with E-state index in [4.69, 9.17) is 4.74 Å². The number of fused-ring (bicyclic) bond motifs is 4. The Balaban J connectivity index is 1.08. The van der Waals surface area contributed by atoms with Gasteiger partial charge in [-0.3, -0.25) is 4.79 Å². The summed E-state index contributed by atoms with van der Waals surface area (Å²) in [6, 6.07) is 15.6. The van der Waals surface area contributed by atoms with Gasteiger partial charge >= 0.3 is 12.1 Å². The van der Waals surface area contributed by atoms with Crippen molar-refractivity contribution in [1.82, 2.24) is 10.2 Å². The minimum absolute atomic E-state index is 0.00293. The number of alkyl carbamates (subject to hydrolysis) is 1. The number of nitrogens with zero attached hydrogens (tertiary/aromatic N) is 1. The van der Waals surface area contributed by atoms with Gasteiger partial charge in [-0.1, -0.05) is 55.5 Å². The zero-order chi connectivity index (χ0) is 24.3. The van der Waals surface area contributed by atoms with Gasteiger partial charge in [0.15, 0.2) is 0 Å². The topological polar surface area (TPSA) is 95.9 Å². The summed E-state index contributed by atoms with van der Waals surface area (Å²) >= 11 is 0. The van der Waals surface area contributed by atoms with Crippen molar-refractivity contribution >= 4 is 18.0 Å². The SMILES string of the molecule is CC1CCN(C(=O)[C@@]23C[C@@H](NC(=O)OCC4c5ccccc5-c5ccccc54)C[C@@H]2C3)C1C(=O)O. The fraction of sp³-hybridized carbons (Fsp3) is 0.464. The van der Waals surface area contributed by atoms with E-state index in [2.05, 4.69) is 29.6 Å². The van der Waals surface area contributed by atoms with Crippen molar-refractivity contribution in [1.29, 1.82) is 0 Å². The maximum Gasteiger partial charge on any atom is 0.407 e. The molecule has 3 fully saturated rings. The van der Waals surface area contributed by atoms with Crippen LogP contribution >= 0.6 is 0 Å². The summed E-state index contributed by atoms with van der Waals surface area (Å²) in [6.45, 7) is 2.65. The number of carboxylic acid groups (broad SMARTS) is 1. The number of amides is 2. The number of aliphatic carboxylic acids is 1. The second-order valence-electron chi connectivity index (χ2n) is 10.7. The second-order valence-corrected chi connectivity index (χ2v) is 10.7. The molecule has 7 heteroatoms. The van der Waals surface area contributed by atoms with Gasteiger partial charge in [-0.25, -0.2) is 9.59 Å². The third-order valence-corrected chi connectivity index (χ3v) is 8.72. The molecular weight excluding hydrogens is 444 g/mol. The Hall–Kier alpha value is -3.35. The van der Waals surface area contributed by atoms with Gasteiger partial charge in [-0.2, -0.15) is 0 Å². The average molecular weight is 475 g/mol. The van der Waals surface area contributed by atoms with Crippen LogP contribution in [-0.4, -0.2) is 53.2 Å². The van der Waals surface area contributed by atoms with E-state index in [9.17, 15) is 19.5 Å². The number of hydrogen-bond acceptors (Lipinski definition) is 4. The Morgan fingerprint density at radius 1 is 1.06 bits per heavy atom. The number of rotatable bonds is 5. The summed E-state index contributed by atoms with van der Waals surface area (Å²) in [5.41, 5.74) is 4.19. The highest BCUT2D eigenvalue weighted by Crippen LogP contribution is 2.64. The number of carbonyl (C=O) groups is 3. The van der Waals surface area contributed by atoms with Crippen LogP contribution in [0.25, 0.3) is 11.1 Å². The summed E-state index contributed by atoms with van der Waals surface area (Å²) in [6.07, 6.45) is 2.32. The molecule has 0 radical (unpaired) electrons. The Kier molecular flexibility index (Phi) is 5.13. The summed E-state index contributed by atoms with van der Waals surface area (Å²) in [5, 5.41) is 12.6. The van der Waals surface area contributed by atoms with Gasteiger partial charge in [0.05, 0.1) is 5.41 Å². The number of carbonyl (C=O) groups excluding carboxylic acids is 2. The van der Waals surface area contributed by atoms with Crippen LogP contribution in [0.15, 0.2) is 48.5 Å². The highest BCUT2D eigenvalue weighted by molar-refractivity contribution is 5.91. The zero-order valence-corrected chi connectivity index (χ0v) is 19.8. The molecule has 3 aliphatic carbocycles. The Morgan fingerprint density at radius 2 is 1.71 bits per heavy atom. The normalized spacial score (nSPS) is 30.4. The lowest BCUT2D eigenvalue weighted by molar-refractivity contribution is -0.151. The van der Waals surface area contributed by atoms with Crippen LogP contribution in [0.5, 0.6) is 0 Å². The molecule has 182 valence electrons. The lowest BCUT2D eigenvalue weighted by atomic mass is 9.98. The van der Waals surface area contributed by atoms with Crippen molar-refractivity contribution in [2.24, 2.45) is 17.3 Å². The predicted molar refractivity (Wildman–Crippen MR) is 129 cm³/mol. The maximum absolute atomic E-state index is 13.4. The molecule has 35 heavy (non-hydrogen) atoms. The van der Waals surface area contributed by atoms with E-state index in [1.165, 1.54) is 22.3 Å². The van der Waals surface area contributed by atoms with Crippen molar-refractivity contribution in [3.8, 4) is 11.1 Å². The molecule has 1 saturated heterocycles. The molecular formula is C28H30N2O5. The summed E-state index contributed by atoms with van der Waals surface area (Å²) < 4.78 is 5.68. The Labute approximate surface area is 204 Å². The molecule has 6 rings (SSSR count). The summed E-state index contributed by atoms with van der Waals surface area (Å²) in [5.74, 6) is -0.803. The fourth-order valence-electron chi connectivity index (χ4n) is 6.91. The quantitative estimate of drug-likeness (QED) is 0.683. The average Bonchev–Trinajstić information content (AvgIpc) is 3.12. The highest BCUT2D eigenvalue weighted by atomic mass is 16.5. The molecule has 0 spiro atoms. The number of hydrogen-bond donors (Lipinski definition) is 2. The zero-order valence-electron chi connectivity index (χ0n) is 19.8. The molecule has 2 unspecified atom stereocenters. The molecule has 1 heterocycles. The summed E-state index contributed by atoms with van der Waals surface area (Å²) in [4.78, 5) is 39.4. The minimum Gasteiger partial charge on any atom is -0.480 e. The molecule has 4 aliphatic rings. The van der Waals surface area contributed by atoms with Crippen LogP contribution < -0.4 is 5.32 Å². The first-order valence-corrected chi connectivity index (χ1v) is 12.5. The first-order chi connectivity index (χ1) is 16.9. The molecule has 2 N–H and O–H groups in total. The van der Waals surface area contributed by atoms with E-state index < -0.39 is 23.5 Å². The lowest BCUT2D eigenvalue weighted by Crippen LogP contribution is -2.46. The molecule has 1 aliphatic heterocycles. The Morgan fingerprint density at radius 3 is 2.37 bits per heavy atom. The van der Waals surface area contributed by atoms with Crippen LogP contribution in [-0.2, 0) is 14.3 Å². The first kappa shape index (κ1) is 22.1. The predicted octanol–water partition coefficient (Wildman–Crippen LogP) is 4.02. The van der Waals surface area contributed by atoms with Crippen molar-refractivity contribution < 1.29 is 24.2 Å². The van der Waals surface area contributed by atoms with Gasteiger partial charge in [0.25, 0.3) is 0 Å². The first-order valence-electron chi connectivity index (χ1n) is 12.5. The van der Waals surface area contributed by atoms with Crippen LogP contribution in [0.1, 0.15) is 49.7 Å². The molecule has 2 amide bonds. The lowest BCUT2D eigenvalue weighted by Gasteiger charge is -2.28. The third kappa shape index (κ3) is 3.51. The molecule has 2 aromatic carbocycles. The monoisotopic (exact) mass is 474 g/mol. The van der Waals surface area contributed by atoms with Crippen molar-refractivity contribution in [3.63, 3.8) is 0 Å². The molecule has 7 nitrogen and oxygen atoms in total. The minimum atomic E-state index is -0.928. The highest BCUT2D eigenvalue weighted by Gasteiger charge is 2.67. The maximum atomic E-state index is 13.4. The van der Waals surface area contributed by atoms with Gasteiger partial charge in [0, 0.05) is 18.5 Å². The van der Waals surface area contributed by atoms with E-state index in [0.29, 0.717) is 19.4 Å².